The van der Waals surface area contributed by atoms with E-state index in [-0.39, 0.29) is 11.8 Å². The zero-order valence-corrected chi connectivity index (χ0v) is 30.2. The summed E-state index contributed by atoms with van der Waals surface area (Å²) in [7, 11) is 0. The Morgan fingerprint density at radius 2 is 1.52 bits per heavy atom. The van der Waals surface area contributed by atoms with Crippen molar-refractivity contribution in [2.45, 2.75) is 51.0 Å². The molecule has 268 valence electrons. The molecule has 5 heterocycles. The van der Waals surface area contributed by atoms with Crippen molar-refractivity contribution in [3.05, 3.63) is 51.5 Å². The fourth-order valence-corrected chi connectivity index (χ4v) is 8.79. The third-order valence-corrected chi connectivity index (χ3v) is 11.5. The highest BCUT2D eigenvalue weighted by molar-refractivity contribution is 7.21. The molecule has 0 atom stereocenters. The van der Waals surface area contributed by atoms with Crippen LogP contribution in [0.15, 0.2) is 35.9 Å². The number of carboxylic acids is 3. The third-order valence-electron chi connectivity index (χ3n) is 8.92. The van der Waals surface area contributed by atoms with E-state index in [9.17, 15) is 24.3 Å². The van der Waals surface area contributed by atoms with Gasteiger partial charge in [-0.15, -0.1) is 11.3 Å². The molecule has 1 saturated carbocycles. The molecule has 17 heteroatoms. The van der Waals surface area contributed by atoms with Crippen LogP contribution in [0.2, 0.25) is 10.0 Å². The molecule has 13 nitrogen and oxygen atoms in total. The first kappa shape index (κ1) is 37.5. The number of amides is 1. The summed E-state index contributed by atoms with van der Waals surface area (Å²) in [4.78, 5) is 61.0. The van der Waals surface area contributed by atoms with Crippen LogP contribution >= 0.6 is 45.9 Å². The average Bonchev–Trinajstić information content (AvgIpc) is 3.74. The number of carbonyl (C=O) groups excluding carboxylic acids is 1. The number of aromatic nitrogens is 2. The molecule has 0 aromatic carbocycles. The minimum absolute atomic E-state index is 0.335. The number of thiazole rings is 1. The van der Waals surface area contributed by atoms with Crippen molar-refractivity contribution >= 4 is 85.6 Å². The van der Waals surface area contributed by atoms with Crippen LogP contribution in [0.4, 0.5) is 16.0 Å². The van der Waals surface area contributed by atoms with E-state index in [0.717, 1.165) is 41.8 Å². The van der Waals surface area contributed by atoms with Gasteiger partial charge >= 0.3 is 17.9 Å². The first-order valence-corrected chi connectivity index (χ1v) is 18.8. The minimum Gasteiger partial charge on any atom is -0.481 e. The maximum Gasteiger partial charge on any atom is 0.328 e. The van der Waals surface area contributed by atoms with Gasteiger partial charge in [0.15, 0.2) is 5.13 Å². The Labute approximate surface area is 307 Å². The monoisotopic (exact) mass is 764 g/mol. The fourth-order valence-electron chi connectivity index (χ4n) is 6.35. The number of carboxylic acid groups (broad SMARTS) is 3. The second kappa shape index (κ2) is 17.4. The Kier molecular flexibility index (Phi) is 13.1. The lowest BCUT2D eigenvalue weighted by atomic mass is 9.94. The zero-order chi connectivity index (χ0) is 35.8. The standard InChI is InChI=1S/C29H34Cl2N6O3S2.C4H4O4/c30-20-15-23(41-17-20)24-27(37-12-10-35(11-13-37)21-4-2-1-3-5-21)42-29(33-24)34-26(38)19-14-22(31)25(32-16-19)36-8-6-18(7-9-36)28(39)40;5-3(6)1-2-4(7)8/h14-18,21H,1-13H2,(H,39,40)(H,33,34,38);1-2H,(H,5,6)(H,7,8)/b;2-1-. The highest BCUT2D eigenvalue weighted by Gasteiger charge is 2.29. The van der Waals surface area contributed by atoms with Crippen molar-refractivity contribution in [3.8, 4) is 10.6 Å². The second-order valence-electron chi connectivity index (χ2n) is 12.2. The molecule has 50 heavy (non-hydrogen) atoms. The summed E-state index contributed by atoms with van der Waals surface area (Å²) in [5.41, 5.74) is 1.18. The Morgan fingerprint density at radius 1 is 0.860 bits per heavy atom. The van der Waals surface area contributed by atoms with E-state index in [1.807, 2.05) is 16.3 Å². The van der Waals surface area contributed by atoms with Gasteiger partial charge in [-0.05, 0) is 37.8 Å². The molecule has 1 amide bonds. The number of piperazine rings is 1. The molecule has 2 aliphatic heterocycles. The maximum atomic E-state index is 13.3. The Balaban J connectivity index is 0.000000544. The van der Waals surface area contributed by atoms with E-state index in [1.54, 1.807) is 17.4 Å². The number of aliphatic carboxylic acids is 3. The molecular weight excluding hydrogens is 727 g/mol. The number of nitrogens with zero attached hydrogens (tertiary/aromatic N) is 5. The summed E-state index contributed by atoms with van der Waals surface area (Å²) in [6.45, 7) is 5.01. The van der Waals surface area contributed by atoms with Crippen LogP contribution in [0.3, 0.4) is 0 Å². The molecule has 6 rings (SSSR count). The van der Waals surface area contributed by atoms with Gasteiger partial charge in [0.05, 0.1) is 26.4 Å². The summed E-state index contributed by atoms with van der Waals surface area (Å²) < 4.78 is 0. The highest BCUT2D eigenvalue weighted by Crippen LogP contribution is 2.42. The van der Waals surface area contributed by atoms with Gasteiger partial charge in [0.1, 0.15) is 16.5 Å². The smallest absolute Gasteiger partial charge is 0.328 e. The van der Waals surface area contributed by atoms with Crippen LogP contribution in [-0.2, 0) is 14.4 Å². The van der Waals surface area contributed by atoms with Crippen molar-refractivity contribution < 1.29 is 34.5 Å². The van der Waals surface area contributed by atoms with Crippen LogP contribution < -0.4 is 15.1 Å². The SMILES string of the molecule is O=C(Nc1nc(-c2cc(Cl)cs2)c(N2CCN(C3CCCCC3)CC2)s1)c1cnc(N2CCC(C(=O)O)CC2)c(Cl)c1.O=C(O)/C=C\C(=O)O. The van der Waals surface area contributed by atoms with Gasteiger partial charge in [-0.3, -0.25) is 19.8 Å². The predicted molar refractivity (Wildman–Crippen MR) is 195 cm³/mol. The van der Waals surface area contributed by atoms with Crippen molar-refractivity contribution in [3.63, 3.8) is 0 Å². The van der Waals surface area contributed by atoms with Gasteiger partial charge < -0.3 is 25.1 Å². The number of hydrogen-bond acceptors (Lipinski definition) is 11. The van der Waals surface area contributed by atoms with E-state index >= 15 is 0 Å². The number of halogens is 2. The van der Waals surface area contributed by atoms with E-state index in [4.69, 9.17) is 38.4 Å². The molecule has 1 aliphatic carbocycles. The summed E-state index contributed by atoms with van der Waals surface area (Å²) in [6, 6.07) is 4.24. The second-order valence-corrected chi connectivity index (χ2v) is 14.9. The van der Waals surface area contributed by atoms with Crippen molar-refractivity contribution in [1.29, 1.82) is 0 Å². The molecule has 0 radical (unpaired) electrons. The van der Waals surface area contributed by atoms with E-state index in [2.05, 4.69) is 20.1 Å². The lowest BCUT2D eigenvalue weighted by molar-refractivity contribution is -0.142. The molecule has 3 aromatic rings. The molecule has 0 bridgehead atoms. The van der Waals surface area contributed by atoms with Crippen LogP contribution in [0, 0.1) is 5.92 Å². The van der Waals surface area contributed by atoms with Crippen LogP contribution in [-0.4, -0.2) is 99.3 Å². The first-order chi connectivity index (χ1) is 24.0. The Bertz CT molecular complexity index is 1700. The lowest BCUT2D eigenvalue weighted by Crippen LogP contribution is -2.50. The van der Waals surface area contributed by atoms with Gasteiger partial charge in [-0.2, -0.15) is 0 Å². The Morgan fingerprint density at radius 3 is 2.08 bits per heavy atom. The highest BCUT2D eigenvalue weighted by atomic mass is 35.5. The number of anilines is 3. The third kappa shape index (κ3) is 9.94. The van der Waals surface area contributed by atoms with Crippen molar-refractivity contribution in [2.75, 3.05) is 54.4 Å². The fraction of sp³-hybridized carbons (Fsp3) is 0.455. The predicted octanol–water partition coefficient (Wildman–Crippen LogP) is 6.29. The number of hydrogen-bond donors (Lipinski definition) is 4. The van der Waals surface area contributed by atoms with Crippen molar-refractivity contribution in [1.82, 2.24) is 14.9 Å². The quantitative estimate of drug-likeness (QED) is 0.179. The summed E-state index contributed by atoms with van der Waals surface area (Å²) in [5, 5.41) is 32.4. The Hall–Kier alpha value is -3.76. The normalized spacial score (nSPS) is 17.7. The van der Waals surface area contributed by atoms with Gasteiger partial charge in [0.25, 0.3) is 5.91 Å². The number of piperidine rings is 1. The summed E-state index contributed by atoms with van der Waals surface area (Å²) in [6.07, 6.45) is 10.3. The molecular formula is C33H38Cl2N6O7S2. The van der Waals surface area contributed by atoms with Crippen molar-refractivity contribution in [2.24, 2.45) is 5.92 Å². The number of nitrogens with one attached hydrogen (secondary N) is 1. The number of pyridine rings is 1. The topological polar surface area (TPSA) is 176 Å². The first-order valence-electron chi connectivity index (χ1n) is 16.3. The summed E-state index contributed by atoms with van der Waals surface area (Å²) in [5.74, 6) is -3.39. The zero-order valence-electron chi connectivity index (χ0n) is 27.1. The lowest BCUT2D eigenvalue weighted by Gasteiger charge is -2.41. The molecule has 3 aliphatic rings. The number of rotatable bonds is 9. The van der Waals surface area contributed by atoms with E-state index in [0.29, 0.717) is 70.7 Å². The van der Waals surface area contributed by atoms with E-state index in [1.165, 1.54) is 49.6 Å². The van der Waals surface area contributed by atoms with Gasteiger partial charge in [0, 0.05) is 69.0 Å². The molecule has 0 spiro atoms. The van der Waals surface area contributed by atoms with Gasteiger partial charge in [0.2, 0.25) is 0 Å². The van der Waals surface area contributed by atoms with Gasteiger partial charge in [-0.1, -0.05) is 53.8 Å². The molecule has 4 N–H and O–H groups in total. The van der Waals surface area contributed by atoms with Crippen LogP contribution in [0.25, 0.3) is 10.6 Å². The largest absolute Gasteiger partial charge is 0.481 e. The number of thiophene rings is 1. The number of carbonyl (C=O) groups is 4. The molecule has 0 unspecified atom stereocenters. The van der Waals surface area contributed by atoms with E-state index < -0.39 is 17.9 Å². The average molecular weight is 766 g/mol. The molecule has 3 fully saturated rings. The molecule has 3 aromatic heterocycles. The summed E-state index contributed by atoms with van der Waals surface area (Å²) >= 11 is 15.9. The minimum atomic E-state index is -1.26. The van der Waals surface area contributed by atoms with Crippen LogP contribution in [0.5, 0.6) is 0 Å². The van der Waals surface area contributed by atoms with Crippen LogP contribution in [0.1, 0.15) is 55.3 Å². The van der Waals surface area contributed by atoms with Gasteiger partial charge in [-0.25, -0.2) is 19.6 Å². The maximum absolute atomic E-state index is 13.3. The molecule has 2 saturated heterocycles.